The number of sulfone groups is 1. The molecule has 2 N–H and O–H groups in total. The molecule has 1 atom stereocenters. The molecule has 1 aliphatic heterocycles. The van der Waals surface area contributed by atoms with Crippen LogP contribution in [0.15, 0.2) is 35.3 Å². The lowest BCUT2D eigenvalue weighted by Crippen LogP contribution is -2.46. The highest BCUT2D eigenvalue weighted by molar-refractivity contribution is 14.0. The van der Waals surface area contributed by atoms with Crippen LogP contribution in [0.25, 0.3) is 0 Å². The minimum atomic E-state index is -2.81. The van der Waals surface area contributed by atoms with Crippen molar-refractivity contribution in [2.75, 3.05) is 58.3 Å². The summed E-state index contributed by atoms with van der Waals surface area (Å²) in [6, 6.07) is 11.0. The largest absolute Gasteiger partial charge is 0.356 e. The van der Waals surface area contributed by atoms with E-state index in [4.69, 9.17) is 0 Å². The number of nitrogens with zero attached hydrogens (tertiary/aromatic N) is 3. The van der Waals surface area contributed by atoms with Gasteiger partial charge in [-0.1, -0.05) is 30.3 Å². The molecule has 1 aromatic rings. The number of benzene rings is 1. The molecular formula is C20H36IN5O2S. The van der Waals surface area contributed by atoms with Gasteiger partial charge in [0, 0.05) is 52.4 Å². The van der Waals surface area contributed by atoms with E-state index in [-0.39, 0.29) is 35.5 Å². The van der Waals surface area contributed by atoms with Crippen LogP contribution in [0.5, 0.6) is 0 Å². The Morgan fingerprint density at radius 1 is 1.17 bits per heavy atom. The zero-order valence-electron chi connectivity index (χ0n) is 17.8. The summed E-state index contributed by atoms with van der Waals surface area (Å²) in [5.74, 6) is 1.34. The molecule has 9 heteroatoms. The Hall–Kier alpha value is -0.910. The molecule has 1 heterocycles. The van der Waals surface area contributed by atoms with Crippen molar-refractivity contribution < 1.29 is 8.42 Å². The summed E-state index contributed by atoms with van der Waals surface area (Å²) in [5, 5.41) is 6.68. The molecule has 0 saturated carbocycles. The molecule has 1 fully saturated rings. The van der Waals surface area contributed by atoms with Gasteiger partial charge in [-0.15, -0.1) is 24.0 Å². The second kappa shape index (κ2) is 13.4. The third-order valence-electron chi connectivity index (χ3n) is 5.26. The molecule has 0 aliphatic carbocycles. The number of nitrogens with one attached hydrogen (secondary N) is 2. The van der Waals surface area contributed by atoms with Gasteiger partial charge in [-0.2, -0.15) is 0 Å². The molecule has 0 radical (unpaired) electrons. The third kappa shape index (κ3) is 10.1. The van der Waals surface area contributed by atoms with Crippen molar-refractivity contribution in [1.82, 2.24) is 20.4 Å². The highest BCUT2D eigenvalue weighted by atomic mass is 127. The fraction of sp³-hybridized carbons (Fsp3) is 0.650. The molecule has 0 spiro atoms. The maximum Gasteiger partial charge on any atom is 0.191 e. The first-order chi connectivity index (χ1) is 13.4. The van der Waals surface area contributed by atoms with Gasteiger partial charge in [0.25, 0.3) is 0 Å². The van der Waals surface area contributed by atoms with Crippen molar-refractivity contribution >= 4 is 39.8 Å². The van der Waals surface area contributed by atoms with Crippen molar-refractivity contribution in [3.8, 4) is 0 Å². The molecule has 0 bridgehead atoms. The first-order valence-corrected chi connectivity index (χ1v) is 11.8. The van der Waals surface area contributed by atoms with E-state index in [0.29, 0.717) is 19.1 Å². The average molecular weight is 538 g/mol. The molecule has 1 saturated heterocycles. The van der Waals surface area contributed by atoms with Gasteiger partial charge in [-0.3, -0.25) is 14.8 Å². The van der Waals surface area contributed by atoms with Crippen LogP contribution in [0.3, 0.4) is 0 Å². The number of halogens is 1. The van der Waals surface area contributed by atoms with Crippen LogP contribution in [0.1, 0.15) is 18.9 Å². The Labute approximate surface area is 193 Å². The van der Waals surface area contributed by atoms with Gasteiger partial charge < -0.3 is 10.6 Å². The van der Waals surface area contributed by atoms with Gasteiger partial charge in [0.1, 0.15) is 0 Å². The van der Waals surface area contributed by atoms with E-state index in [1.165, 1.54) is 5.56 Å². The van der Waals surface area contributed by atoms with Gasteiger partial charge in [-0.25, -0.2) is 8.42 Å². The second-order valence-corrected chi connectivity index (χ2v) is 9.76. The van der Waals surface area contributed by atoms with E-state index in [2.05, 4.69) is 63.7 Å². The van der Waals surface area contributed by atoms with Gasteiger partial charge >= 0.3 is 0 Å². The third-order valence-corrected chi connectivity index (χ3v) is 6.87. The normalized spacial score (nSPS) is 18.1. The quantitative estimate of drug-likeness (QED) is 0.282. The zero-order valence-corrected chi connectivity index (χ0v) is 20.9. The Bertz CT molecular complexity index is 701. The highest BCUT2D eigenvalue weighted by Crippen LogP contribution is 2.08. The molecule has 1 unspecified atom stereocenters. The monoisotopic (exact) mass is 537 g/mol. The van der Waals surface area contributed by atoms with Crippen LogP contribution >= 0.6 is 24.0 Å². The van der Waals surface area contributed by atoms with Crippen molar-refractivity contribution in [2.24, 2.45) is 4.99 Å². The SMILES string of the molecule is CN=C(NCCC(C)N(C)Cc1ccccc1)NCCN1CCS(=O)(=O)CC1.I. The Morgan fingerprint density at radius 3 is 2.41 bits per heavy atom. The number of rotatable bonds is 9. The predicted octanol–water partition coefficient (Wildman–Crippen LogP) is 1.41. The number of aliphatic imine (C=N–C) groups is 1. The molecule has 7 nitrogen and oxygen atoms in total. The minimum Gasteiger partial charge on any atom is -0.356 e. The van der Waals surface area contributed by atoms with E-state index < -0.39 is 9.84 Å². The smallest absolute Gasteiger partial charge is 0.191 e. The first-order valence-electron chi connectivity index (χ1n) is 10.0. The van der Waals surface area contributed by atoms with Crippen molar-refractivity contribution in [1.29, 1.82) is 0 Å². The van der Waals surface area contributed by atoms with Gasteiger partial charge in [0.2, 0.25) is 0 Å². The van der Waals surface area contributed by atoms with Crippen LogP contribution in [0, 0.1) is 0 Å². The fourth-order valence-corrected chi connectivity index (χ4v) is 4.45. The van der Waals surface area contributed by atoms with Crippen LogP contribution in [-0.2, 0) is 16.4 Å². The molecule has 1 aromatic carbocycles. The lowest BCUT2D eigenvalue weighted by molar-refractivity contribution is 0.238. The number of guanidine groups is 1. The maximum absolute atomic E-state index is 11.5. The lowest BCUT2D eigenvalue weighted by Gasteiger charge is -2.27. The highest BCUT2D eigenvalue weighted by Gasteiger charge is 2.20. The Kier molecular flexibility index (Phi) is 12.1. The molecule has 0 amide bonds. The maximum atomic E-state index is 11.5. The van der Waals surface area contributed by atoms with E-state index in [1.54, 1.807) is 7.05 Å². The summed E-state index contributed by atoms with van der Waals surface area (Å²) in [6.45, 7) is 6.87. The van der Waals surface area contributed by atoms with E-state index >= 15 is 0 Å². The van der Waals surface area contributed by atoms with E-state index in [1.807, 2.05) is 6.07 Å². The van der Waals surface area contributed by atoms with Crippen LogP contribution in [-0.4, -0.2) is 88.5 Å². The standard InChI is InChI=1S/C20H35N5O2S.HI/c1-18(24(3)17-19-7-5-4-6-8-19)9-10-22-20(21-2)23-11-12-25-13-15-28(26,27)16-14-25;/h4-8,18H,9-17H2,1-3H3,(H2,21,22,23);1H. The van der Waals surface area contributed by atoms with Crippen LogP contribution in [0.4, 0.5) is 0 Å². The summed E-state index contributed by atoms with van der Waals surface area (Å²) >= 11 is 0. The molecular weight excluding hydrogens is 501 g/mol. The van der Waals surface area contributed by atoms with Crippen molar-refractivity contribution in [3.63, 3.8) is 0 Å². The molecule has 0 aromatic heterocycles. The molecule has 166 valence electrons. The van der Waals surface area contributed by atoms with Crippen LogP contribution in [0.2, 0.25) is 0 Å². The summed E-state index contributed by atoms with van der Waals surface area (Å²) in [7, 11) is 1.12. The average Bonchev–Trinajstić information content (AvgIpc) is 2.68. The van der Waals surface area contributed by atoms with Gasteiger partial charge in [0.15, 0.2) is 15.8 Å². The van der Waals surface area contributed by atoms with E-state index in [0.717, 1.165) is 38.6 Å². The summed E-state index contributed by atoms with van der Waals surface area (Å²) in [6.07, 6.45) is 1.02. The lowest BCUT2D eigenvalue weighted by atomic mass is 10.1. The minimum absolute atomic E-state index is 0. The van der Waals surface area contributed by atoms with Gasteiger partial charge in [-0.05, 0) is 26.0 Å². The topological polar surface area (TPSA) is 77.0 Å². The first kappa shape index (κ1) is 26.1. The summed E-state index contributed by atoms with van der Waals surface area (Å²) < 4.78 is 22.9. The van der Waals surface area contributed by atoms with Crippen LogP contribution < -0.4 is 10.6 Å². The molecule has 2 rings (SSSR count). The fourth-order valence-electron chi connectivity index (χ4n) is 3.17. The van der Waals surface area contributed by atoms with Crippen molar-refractivity contribution in [2.45, 2.75) is 25.9 Å². The summed E-state index contributed by atoms with van der Waals surface area (Å²) in [5.41, 5.74) is 1.33. The van der Waals surface area contributed by atoms with E-state index in [9.17, 15) is 8.42 Å². The number of hydrogen-bond donors (Lipinski definition) is 2. The Morgan fingerprint density at radius 2 is 1.79 bits per heavy atom. The summed E-state index contributed by atoms with van der Waals surface area (Å²) in [4.78, 5) is 8.81. The predicted molar refractivity (Wildman–Crippen MR) is 132 cm³/mol. The Balaban J connectivity index is 0.00000420. The molecule has 1 aliphatic rings. The molecule has 29 heavy (non-hydrogen) atoms. The second-order valence-electron chi connectivity index (χ2n) is 7.46. The van der Waals surface area contributed by atoms with Crippen molar-refractivity contribution in [3.05, 3.63) is 35.9 Å². The zero-order chi connectivity index (χ0) is 20.4. The number of hydrogen-bond acceptors (Lipinski definition) is 5. The van der Waals surface area contributed by atoms with Gasteiger partial charge in [0.05, 0.1) is 11.5 Å².